The van der Waals surface area contributed by atoms with Crippen LogP contribution < -0.4 is 0 Å². The van der Waals surface area contributed by atoms with Crippen LogP contribution in [0.15, 0.2) is 23.3 Å². The summed E-state index contributed by atoms with van der Waals surface area (Å²) < 4.78 is 0. The molecule has 136 valence electrons. The fraction of sp³-hybridized carbons (Fsp3) is 0.727. The molecule has 4 rings (SSSR count). The minimum absolute atomic E-state index is 0.00503. The summed E-state index contributed by atoms with van der Waals surface area (Å²) >= 11 is 0. The van der Waals surface area contributed by atoms with Crippen molar-refractivity contribution in [2.45, 2.75) is 71.8 Å². The highest BCUT2D eigenvalue weighted by Gasteiger charge is 2.66. The average molecular weight is 342 g/mol. The Balaban J connectivity index is 1.79. The van der Waals surface area contributed by atoms with E-state index < -0.39 is 5.60 Å². The zero-order valence-corrected chi connectivity index (χ0v) is 15.9. The molecule has 0 aromatic heterocycles. The fourth-order valence-corrected chi connectivity index (χ4v) is 6.95. The number of ketones is 2. The van der Waals surface area contributed by atoms with Gasteiger partial charge in [-0.05, 0) is 62.9 Å². The zero-order chi connectivity index (χ0) is 18.2. The van der Waals surface area contributed by atoms with E-state index in [-0.39, 0.29) is 28.3 Å². The Morgan fingerprint density at radius 1 is 1.28 bits per heavy atom. The molecule has 3 nitrogen and oxygen atoms in total. The van der Waals surface area contributed by atoms with E-state index in [0.29, 0.717) is 18.3 Å². The van der Waals surface area contributed by atoms with E-state index >= 15 is 0 Å². The van der Waals surface area contributed by atoms with E-state index in [1.54, 1.807) is 6.92 Å². The van der Waals surface area contributed by atoms with Crippen molar-refractivity contribution in [2.24, 2.45) is 28.6 Å². The highest BCUT2D eigenvalue weighted by molar-refractivity contribution is 5.92. The van der Waals surface area contributed by atoms with E-state index in [4.69, 9.17) is 0 Å². The Hall–Kier alpha value is -1.22. The summed E-state index contributed by atoms with van der Waals surface area (Å²) in [6.45, 7) is 8.04. The first-order chi connectivity index (χ1) is 11.6. The second-order valence-corrected chi connectivity index (χ2v) is 9.46. The van der Waals surface area contributed by atoms with Gasteiger partial charge in [-0.2, -0.15) is 0 Å². The minimum Gasteiger partial charge on any atom is -0.381 e. The van der Waals surface area contributed by atoms with Crippen molar-refractivity contribution in [3.8, 4) is 0 Å². The number of aliphatic hydroxyl groups is 1. The van der Waals surface area contributed by atoms with Gasteiger partial charge in [0.2, 0.25) is 0 Å². The molecule has 4 aliphatic rings. The van der Waals surface area contributed by atoms with Gasteiger partial charge < -0.3 is 5.11 Å². The van der Waals surface area contributed by atoms with Crippen LogP contribution in [0.2, 0.25) is 0 Å². The molecule has 0 bridgehead atoms. The molecule has 0 spiro atoms. The van der Waals surface area contributed by atoms with Crippen LogP contribution in [0.4, 0.5) is 0 Å². The smallest absolute Gasteiger partial charge is 0.162 e. The third-order valence-corrected chi connectivity index (χ3v) is 8.45. The molecule has 0 amide bonds. The van der Waals surface area contributed by atoms with Crippen molar-refractivity contribution < 1.29 is 14.7 Å². The van der Waals surface area contributed by atoms with Gasteiger partial charge in [0.05, 0.1) is 0 Å². The van der Waals surface area contributed by atoms with Gasteiger partial charge in [0.15, 0.2) is 11.6 Å². The third kappa shape index (κ3) is 1.96. The van der Waals surface area contributed by atoms with Gasteiger partial charge in [-0.3, -0.25) is 9.59 Å². The van der Waals surface area contributed by atoms with Gasteiger partial charge in [0.1, 0.15) is 5.60 Å². The number of fused-ring (bicyclic) bond motifs is 5. The Morgan fingerprint density at radius 3 is 2.68 bits per heavy atom. The maximum atomic E-state index is 12.4. The van der Waals surface area contributed by atoms with E-state index in [2.05, 4.69) is 19.9 Å². The molecule has 0 aliphatic heterocycles. The van der Waals surface area contributed by atoms with Crippen LogP contribution in [0.3, 0.4) is 0 Å². The highest BCUT2D eigenvalue weighted by Crippen LogP contribution is 2.66. The summed E-state index contributed by atoms with van der Waals surface area (Å²) in [5, 5.41) is 11.4. The lowest BCUT2D eigenvalue weighted by atomic mass is 9.50. The lowest BCUT2D eigenvalue weighted by molar-refractivity contribution is -0.156. The standard InChI is InChI=1S/C22H30O3/c1-13-11-19-17-6-5-15-12-16(24)7-9-20(15,3)18(17)8-10-21(19,4)22(13,25)14(2)23/h8,12-13,17,19,25H,5-7,9-11H2,1-4H3/t13-,17+,19-,20-,21-,22-/m0/s1. The predicted molar refractivity (Wildman–Crippen MR) is 96.9 cm³/mol. The maximum Gasteiger partial charge on any atom is 0.162 e. The molecular formula is C22H30O3. The van der Waals surface area contributed by atoms with Gasteiger partial charge in [-0.25, -0.2) is 0 Å². The van der Waals surface area contributed by atoms with Gasteiger partial charge in [-0.1, -0.05) is 38.0 Å². The highest BCUT2D eigenvalue weighted by atomic mass is 16.3. The number of allylic oxidation sites excluding steroid dienone is 4. The molecule has 0 unspecified atom stereocenters. The van der Waals surface area contributed by atoms with Gasteiger partial charge >= 0.3 is 0 Å². The molecule has 4 aliphatic carbocycles. The number of hydrogen-bond acceptors (Lipinski definition) is 3. The Morgan fingerprint density at radius 2 is 2.00 bits per heavy atom. The molecular weight excluding hydrogens is 312 g/mol. The van der Waals surface area contributed by atoms with E-state index in [1.807, 2.05) is 13.0 Å². The van der Waals surface area contributed by atoms with Crippen molar-refractivity contribution in [1.82, 2.24) is 0 Å². The second-order valence-electron chi connectivity index (χ2n) is 9.46. The zero-order valence-electron chi connectivity index (χ0n) is 15.9. The fourth-order valence-electron chi connectivity index (χ4n) is 6.95. The molecule has 1 N–H and O–H groups in total. The van der Waals surface area contributed by atoms with Crippen molar-refractivity contribution >= 4 is 11.6 Å². The Kier molecular flexibility index (Phi) is 3.55. The molecule has 6 atom stereocenters. The summed E-state index contributed by atoms with van der Waals surface area (Å²) in [6.07, 6.45) is 9.48. The Bertz CT molecular complexity index is 717. The number of rotatable bonds is 1. The van der Waals surface area contributed by atoms with Crippen LogP contribution in [0.1, 0.15) is 66.2 Å². The van der Waals surface area contributed by atoms with Crippen LogP contribution in [0.5, 0.6) is 0 Å². The number of hydrogen-bond donors (Lipinski definition) is 1. The normalized spacial score (nSPS) is 48.8. The summed E-state index contributed by atoms with van der Waals surface area (Å²) in [7, 11) is 0. The first kappa shape index (κ1) is 17.2. The summed E-state index contributed by atoms with van der Waals surface area (Å²) in [4.78, 5) is 24.3. The topological polar surface area (TPSA) is 54.4 Å². The molecule has 0 aromatic rings. The first-order valence-electron chi connectivity index (χ1n) is 9.82. The Labute approximate surface area is 150 Å². The minimum atomic E-state index is -1.21. The summed E-state index contributed by atoms with van der Waals surface area (Å²) in [5.41, 5.74) is 1.23. The number of Topliss-reactive ketones (excluding diaryl/α,β-unsaturated/α-hetero) is 1. The molecule has 0 aromatic carbocycles. The molecule has 2 fully saturated rings. The van der Waals surface area contributed by atoms with Crippen molar-refractivity contribution in [1.29, 1.82) is 0 Å². The third-order valence-electron chi connectivity index (χ3n) is 8.45. The monoisotopic (exact) mass is 342 g/mol. The first-order valence-corrected chi connectivity index (χ1v) is 9.82. The molecule has 2 saturated carbocycles. The molecule has 25 heavy (non-hydrogen) atoms. The second kappa shape index (κ2) is 5.16. The van der Waals surface area contributed by atoms with Crippen molar-refractivity contribution in [2.75, 3.05) is 0 Å². The lowest BCUT2D eigenvalue weighted by Gasteiger charge is -2.54. The van der Waals surface area contributed by atoms with Crippen LogP contribution in [-0.2, 0) is 9.59 Å². The van der Waals surface area contributed by atoms with Crippen molar-refractivity contribution in [3.63, 3.8) is 0 Å². The van der Waals surface area contributed by atoms with Gasteiger partial charge in [0.25, 0.3) is 0 Å². The van der Waals surface area contributed by atoms with Gasteiger partial charge in [0, 0.05) is 17.3 Å². The quantitative estimate of drug-likeness (QED) is 0.733. The van der Waals surface area contributed by atoms with Crippen LogP contribution in [0.25, 0.3) is 0 Å². The maximum absolute atomic E-state index is 12.4. The molecule has 0 heterocycles. The number of carbonyl (C=O) groups excluding carboxylic acids is 2. The van der Waals surface area contributed by atoms with E-state index in [0.717, 1.165) is 32.1 Å². The predicted octanol–water partition coefficient (Wildman–Crippen LogP) is 4.00. The van der Waals surface area contributed by atoms with Gasteiger partial charge in [-0.15, -0.1) is 0 Å². The van der Waals surface area contributed by atoms with E-state index in [1.165, 1.54) is 11.1 Å². The number of carbonyl (C=O) groups is 2. The molecule has 0 radical (unpaired) electrons. The lowest BCUT2D eigenvalue weighted by Crippen LogP contribution is -2.56. The molecule has 0 saturated heterocycles. The summed E-state index contributed by atoms with van der Waals surface area (Å²) in [5.74, 6) is 0.989. The largest absolute Gasteiger partial charge is 0.381 e. The van der Waals surface area contributed by atoms with Crippen LogP contribution >= 0.6 is 0 Å². The SMILES string of the molecule is CC(=O)[C@@]1(O)[C@@H](C)C[C@H]2[C@@H]3CCC4=CC(=O)CC[C@]4(C)C3=CC[C@@]21C. The van der Waals surface area contributed by atoms with E-state index in [9.17, 15) is 14.7 Å². The molecule has 3 heteroatoms. The van der Waals surface area contributed by atoms with Crippen molar-refractivity contribution in [3.05, 3.63) is 23.3 Å². The average Bonchev–Trinajstić information content (AvgIpc) is 2.77. The van der Waals surface area contributed by atoms with Crippen LogP contribution in [0, 0.1) is 28.6 Å². The van der Waals surface area contributed by atoms with Crippen LogP contribution in [-0.4, -0.2) is 22.3 Å². The summed E-state index contributed by atoms with van der Waals surface area (Å²) in [6, 6.07) is 0.